The molecular weight excluding hydrogens is 248 g/mol. The zero-order valence-electron chi connectivity index (χ0n) is 11.8. The van der Waals surface area contributed by atoms with Crippen LogP contribution in [0.1, 0.15) is 46.1 Å². The van der Waals surface area contributed by atoms with E-state index < -0.39 is 0 Å². The number of carbonyl (C=O) groups excluding carboxylic acids is 1. The Bertz CT molecular complexity index is 685. The lowest BCUT2D eigenvalue weighted by atomic mass is 9.81. The van der Waals surface area contributed by atoms with Crippen molar-refractivity contribution in [1.29, 1.82) is 0 Å². The zero-order valence-corrected chi connectivity index (χ0v) is 11.8. The molecule has 20 heavy (non-hydrogen) atoms. The normalized spacial score (nSPS) is 20.9. The Labute approximate surface area is 118 Å². The molecular formula is C17H19N2O+. The van der Waals surface area contributed by atoms with E-state index in [4.69, 9.17) is 0 Å². The summed E-state index contributed by atoms with van der Waals surface area (Å²) in [6.45, 7) is 4.22. The van der Waals surface area contributed by atoms with Crippen molar-refractivity contribution < 1.29 is 9.48 Å². The first kappa shape index (κ1) is 11.9. The highest BCUT2D eigenvalue weighted by molar-refractivity contribution is 5.99. The Kier molecular flexibility index (Phi) is 2.56. The number of benzene rings is 1. The molecule has 2 heterocycles. The van der Waals surface area contributed by atoms with Crippen LogP contribution in [0.3, 0.4) is 0 Å². The monoisotopic (exact) mass is 267 g/mol. The number of Topliss-reactive ketones (excluding diaryl/α,β-unsaturated/α-hetero) is 1. The van der Waals surface area contributed by atoms with Crippen LogP contribution in [0.5, 0.6) is 0 Å². The van der Waals surface area contributed by atoms with Gasteiger partial charge in [0.15, 0.2) is 12.3 Å². The van der Waals surface area contributed by atoms with Gasteiger partial charge in [0.2, 0.25) is 5.69 Å². The second-order valence-electron chi connectivity index (χ2n) is 5.95. The van der Waals surface area contributed by atoms with E-state index in [1.54, 1.807) is 0 Å². The van der Waals surface area contributed by atoms with Crippen LogP contribution in [-0.2, 0) is 19.5 Å². The van der Waals surface area contributed by atoms with Gasteiger partial charge in [0, 0.05) is 25.2 Å². The van der Waals surface area contributed by atoms with Crippen LogP contribution in [0, 0.1) is 6.92 Å². The SMILES string of the molecule is Cc1c2c([n+]3n1CCC3)CC(c1ccccc1)CC2=O. The molecule has 102 valence electrons. The predicted octanol–water partition coefficient (Wildman–Crippen LogP) is 2.40. The number of hydrogen-bond donors (Lipinski definition) is 0. The first-order valence-corrected chi connectivity index (χ1v) is 7.46. The molecule has 1 unspecified atom stereocenters. The summed E-state index contributed by atoms with van der Waals surface area (Å²) in [4.78, 5) is 12.6. The predicted molar refractivity (Wildman–Crippen MR) is 75.8 cm³/mol. The third-order valence-corrected chi connectivity index (χ3v) is 4.80. The van der Waals surface area contributed by atoms with E-state index in [2.05, 4.69) is 40.6 Å². The standard InChI is InChI=1S/C17H19N2O/c1-12-17-15(19-9-5-8-18(12)19)10-14(11-16(17)20)13-6-3-2-4-7-13/h2-4,6-7,14H,5,8-11H2,1H3/q+1. The van der Waals surface area contributed by atoms with Crippen molar-refractivity contribution in [3.05, 3.63) is 52.8 Å². The van der Waals surface area contributed by atoms with Crippen molar-refractivity contribution >= 4 is 5.78 Å². The van der Waals surface area contributed by atoms with Crippen molar-refractivity contribution in [3.63, 3.8) is 0 Å². The summed E-state index contributed by atoms with van der Waals surface area (Å²) in [5, 5.41) is 0. The second kappa shape index (κ2) is 4.30. The average Bonchev–Trinajstić information content (AvgIpc) is 3.04. The first-order valence-electron chi connectivity index (χ1n) is 7.46. The van der Waals surface area contributed by atoms with Gasteiger partial charge < -0.3 is 0 Å². The first-order chi connectivity index (χ1) is 9.75. The van der Waals surface area contributed by atoms with Gasteiger partial charge in [-0.15, -0.1) is 4.68 Å². The summed E-state index contributed by atoms with van der Waals surface area (Å²) in [5.41, 5.74) is 4.75. The lowest BCUT2D eigenvalue weighted by Gasteiger charge is -2.19. The molecule has 1 aliphatic heterocycles. The topological polar surface area (TPSA) is 25.9 Å². The fraction of sp³-hybridized carbons (Fsp3) is 0.412. The largest absolute Gasteiger partial charge is 0.294 e. The molecule has 2 aliphatic rings. The number of rotatable bonds is 1. The number of nitrogens with zero attached hydrogens (tertiary/aromatic N) is 2. The summed E-state index contributed by atoms with van der Waals surface area (Å²) in [5.74, 6) is 0.669. The summed E-state index contributed by atoms with van der Waals surface area (Å²) in [7, 11) is 0. The van der Waals surface area contributed by atoms with E-state index in [9.17, 15) is 4.79 Å². The van der Waals surface area contributed by atoms with Gasteiger partial charge in [-0.1, -0.05) is 30.3 Å². The van der Waals surface area contributed by atoms with Crippen molar-refractivity contribution in [1.82, 2.24) is 4.68 Å². The fourth-order valence-electron chi connectivity index (χ4n) is 3.87. The van der Waals surface area contributed by atoms with Crippen LogP contribution >= 0.6 is 0 Å². The van der Waals surface area contributed by atoms with Crippen LogP contribution in [0.2, 0.25) is 0 Å². The maximum atomic E-state index is 12.6. The van der Waals surface area contributed by atoms with E-state index in [0.717, 1.165) is 25.1 Å². The molecule has 2 aromatic rings. The molecule has 0 fully saturated rings. The van der Waals surface area contributed by atoms with Gasteiger partial charge in [-0.25, -0.2) is 0 Å². The minimum absolute atomic E-state index is 0.326. The zero-order chi connectivity index (χ0) is 13.7. The van der Waals surface area contributed by atoms with Crippen LogP contribution in [0.25, 0.3) is 0 Å². The number of ketones is 1. The molecule has 4 rings (SSSR count). The van der Waals surface area contributed by atoms with Crippen molar-refractivity contribution in [2.24, 2.45) is 0 Å². The average molecular weight is 267 g/mol. The van der Waals surface area contributed by atoms with Gasteiger partial charge in [-0.05, 0) is 12.5 Å². The summed E-state index contributed by atoms with van der Waals surface area (Å²) >= 11 is 0. The lowest BCUT2D eigenvalue weighted by Crippen LogP contribution is -2.42. The number of hydrogen-bond acceptors (Lipinski definition) is 1. The fourth-order valence-corrected chi connectivity index (χ4v) is 3.87. The summed E-state index contributed by atoms with van der Waals surface area (Å²) in [6, 6.07) is 10.5. The summed E-state index contributed by atoms with van der Waals surface area (Å²) < 4.78 is 4.65. The Morgan fingerprint density at radius 2 is 2.00 bits per heavy atom. The number of fused-ring (bicyclic) bond motifs is 3. The van der Waals surface area contributed by atoms with E-state index >= 15 is 0 Å². The van der Waals surface area contributed by atoms with Gasteiger partial charge >= 0.3 is 0 Å². The lowest BCUT2D eigenvalue weighted by molar-refractivity contribution is -0.764. The molecule has 0 amide bonds. The third-order valence-electron chi connectivity index (χ3n) is 4.80. The molecule has 0 spiro atoms. The molecule has 3 nitrogen and oxygen atoms in total. The van der Waals surface area contributed by atoms with E-state index in [0.29, 0.717) is 18.1 Å². The molecule has 1 aromatic carbocycles. The molecule has 0 N–H and O–H groups in total. The maximum Gasteiger partial charge on any atom is 0.219 e. The van der Waals surface area contributed by atoms with Crippen molar-refractivity contribution in [3.8, 4) is 0 Å². The Morgan fingerprint density at radius 3 is 2.80 bits per heavy atom. The molecule has 0 saturated carbocycles. The summed E-state index contributed by atoms with van der Waals surface area (Å²) in [6.07, 6.45) is 2.85. The van der Waals surface area contributed by atoms with Gasteiger partial charge in [-0.2, -0.15) is 4.68 Å². The van der Waals surface area contributed by atoms with Gasteiger partial charge in [0.25, 0.3) is 0 Å². The van der Waals surface area contributed by atoms with Crippen LogP contribution in [-0.4, -0.2) is 10.5 Å². The van der Waals surface area contributed by atoms with Gasteiger partial charge in [-0.3, -0.25) is 4.79 Å². The molecule has 1 atom stereocenters. The maximum absolute atomic E-state index is 12.6. The molecule has 0 saturated heterocycles. The van der Waals surface area contributed by atoms with Crippen LogP contribution < -0.4 is 4.68 Å². The van der Waals surface area contributed by atoms with Crippen molar-refractivity contribution in [2.45, 2.75) is 45.2 Å². The highest BCUT2D eigenvalue weighted by atomic mass is 16.1. The highest BCUT2D eigenvalue weighted by Crippen LogP contribution is 2.33. The highest BCUT2D eigenvalue weighted by Gasteiger charge is 2.40. The number of carbonyl (C=O) groups is 1. The van der Waals surface area contributed by atoms with Gasteiger partial charge in [0.1, 0.15) is 5.56 Å². The van der Waals surface area contributed by atoms with E-state index in [-0.39, 0.29) is 0 Å². The number of aromatic nitrogens is 2. The third kappa shape index (κ3) is 1.59. The molecule has 0 bridgehead atoms. The molecule has 0 radical (unpaired) electrons. The smallest absolute Gasteiger partial charge is 0.219 e. The minimum Gasteiger partial charge on any atom is -0.294 e. The molecule has 1 aromatic heterocycles. The Morgan fingerprint density at radius 1 is 1.20 bits per heavy atom. The minimum atomic E-state index is 0.326. The van der Waals surface area contributed by atoms with E-state index in [1.165, 1.54) is 23.4 Å². The van der Waals surface area contributed by atoms with Crippen molar-refractivity contribution in [2.75, 3.05) is 0 Å². The van der Waals surface area contributed by atoms with Gasteiger partial charge in [0.05, 0.1) is 12.2 Å². The van der Waals surface area contributed by atoms with E-state index in [1.807, 2.05) is 6.07 Å². The van der Waals surface area contributed by atoms with Crippen LogP contribution in [0.15, 0.2) is 30.3 Å². The quantitative estimate of drug-likeness (QED) is 0.729. The Balaban J connectivity index is 1.80. The molecule has 3 heteroatoms. The second-order valence-corrected chi connectivity index (χ2v) is 5.95. The molecule has 1 aliphatic carbocycles. The Hall–Kier alpha value is -1.90. The van der Waals surface area contributed by atoms with Crippen LogP contribution in [0.4, 0.5) is 0 Å².